The minimum Gasteiger partial charge on any atom is -0.494 e. The second-order valence-corrected chi connectivity index (χ2v) is 6.81. The van der Waals surface area contributed by atoms with E-state index in [1.807, 2.05) is 31.2 Å². The first kappa shape index (κ1) is 20.3. The summed E-state index contributed by atoms with van der Waals surface area (Å²) in [6.07, 6.45) is 0. The predicted molar refractivity (Wildman–Crippen MR) is 113 cm³/mol. The maximum Gasteiger partial charge on any atom is 0.273 e. The molecule has 0 saturated carbocycles. The molecule has 0 radical (unpaired) electrons. The van der Waals surface area contributed by atoms with Crippen molar-refractivity contribution in [2.75, 3.05) is 12.4 Å². The minimum absolute atomic E-state index is 0.0550. The van der Waals surface area contributed by atoms with E-state index in [-0.39, 0.29) is 23.4 Å². The molecule has 29 heavy (non-hydrogen) atoms. The number of nitro groups is 1. The highest BCUT2D eigenvalue weighted by atomic mass is 16.6. The first-order valence-electron chi connectivity index (χ1n) is 9.27. The Hall–Kier alpha value is -3.45. The number of non-ortho nitro benzene ring substituents is 1. The lowest BCUT2D eigenvalue weighted by Crippen LogP contribution is -2.39. The highest BCUT2D eigenvalue weighted by molar-refractivity contribution is 5.96. The Bertz CT molecular complexity index is 1050. The molecule has 0 fully saturated rings. The number of ether oxygens (including phenoxy) is 1. The second-order valence-electron chi connectivity index (χ2n) is 6.81. The van der Waals surface area contributed by atoms with Crippen LogP contribution in [0.25, 0.3) is 10.8 Å². The lowest BCUT2D eigenvalue weighted by atomic mass is 9.99. The molecule has 2 N–H and O–H groups in total. The van der Waals surface area contributed by atoms with Gasteiger partial charge in [0.25, 0.3) is 5.69 Å². The van der Waals surface area contributed by atoms with E-state index in [4.69, 9.17) is 4.74 Å². The van der Waals surface area contributed by atoms with Gasteiger partial charge in [-0.25, -0.2) is 0 Å². The minimum atomic E-state index is -0.510. The summed E-state index contributed by atoms with van der Waals surface area (Å²) >= 11 is 0. The Balaban J connectivity index is 1.73. The molecule has 0 spiro atoms. The van der Waals surface area contributed by atoms with Crippen molar-refractivity contribution in [3.63, 3.8) is 0 Å². The topological polar surface area (TPSA) is 93.5 Å². The largest absolute Gasteiger partial charge is 0.494 e. The van der Waals surface area contributed by atoms with Gasteiger partial charge in [-0.1, -0.05) is 42.5 Å². The number of hydrogen-bond acceptors (Lipinski definition) is 5. The van der Waals surface area contributed by atoms with Crippen LogP contribution in [0.5, 0.6) is 5.75 Å². The molecular formula is C22H23N3O4. The molecule has 3 aromatic carbocycles. The van der Waals surface area contributed by atoms with Gasteiger partial charge in [0.05, 0.1) is 29.8 Å². The van der Waals surface area contributed by atoms with Crippen molar-refractivity contribution >= 4 is 28.1 Å². The second kappa shape index (κ2) is 8.70. The average molecular weight is 393 g/mol. The molecule has 0 aliphatic rings. The number of nitrogens with zero attached hydrogens (tertiary/aromatic N) is 1. The van der Waals surface area contributed by atoms with Crippen LogP contribution in [0.15, 0.2) is 60.7 Å². The third kappa shape index (κ3) is 4.52. The summed E-state index contributed by atoms with van der Waals surface area (Å²) in [6, 6.07) is 17.8. The zero-order valence-corrected chi connectivity index (χ0v) is 16.5. The van der Waals surface area contributed by atoms with E-state index < -0.39 is 11.0 Å². The number of methoxy groups -OCH3 is 1. The van der Waals surface area contributed by atoms with Crippen LogP contribution in [0, 0.1) is 10.1 Å². The van der Waals surface area contributed by atoms with E-state index in [2.05, 4.69) is 28.8 Å². The first-order valence-corrected chi connectivity index (χ1v) is 9.27. The van der Waals surface area contributed by atoms with Crippen molar-refractivity contribution in [2.24, 2.45) is 0 Å². The highest BCUT2D eigenvalue weighted by Gasteiger charge is 2.20. The molecule has 150 valence electrons. The molecule has 0 aliphatic heterocycles. The smallest absolute Gasteiger partial charge is 0.273 e. The van der Waals surface area contributed by atoms with Crippen LogP contribution in [0.2, 0.25) is 0 Å². The fraction of sp³-hybridized carbons (Fsp3) is 0.227. The van der Waals surface area contributed by atoms with Gasteiger partial charge in [-0.2, -0.15) is 0 Å². The Morgan fingerprint density at radius 3 is 2.52 bits per heavy atom. The summed E-state index contributed by atoms with van der Waals surface area (Å²) in [7, 11) is 1.40. The molecule has 0 unspecified atom stereocenters. The lowest BCUT2D eigenvalue weighted by Gasteiger charge is -2.21. The number of benzene rings is 3. The molecule has 7 heteroatoms. The van der Waals surface area contributed by atoms with Crippen LogP contribution in [-0.4, -0.2) is 24.0 Å². The maximum atomic E-state index is 12.7. The molecule has 0 saturated heterocycles. The van der Waals surface area contributed by atoms with Crippen molar-refractivity contribution in [3.05, 3.63) is 76.3 Å². The van der Waals surface area contributed by atoms with Crippen LogP contribution >= 0.6 is 0 Å². The van der Waals surface area contributed by atoms with Crippen LogP contribution in [0.1, 0.15) is 25.5 Å². The molecule has 0 heterocycles. The summed E-state index contributed by atoms with van der Waals surface area (Å²) < 4.78 is 5.18. The summed E-state index contributed by atoms with van der Waals surface area (Å²) in [5.74, 6) is -0.0221. The summed E-state index contributed by atoms with van der Waals surface area (Å²) in [5.41, 5.74) is 1.39. The number of rotatable bonds is 7. The van der Waals surface area contributed by atoms with E-state index in [1.54, 1.807) is 6.92 Å². The molecule has 2 atom stereocenters. The van der Waals surface area contributed by atoms with Crippen LogP contribution in [-0.2, 0) is 4.79 Å². The van der Waals surface area contributed by atoms with Gasteiger partial charge in [0.1, 0.15) is 5.75 Å². The van der Waals surface area contributed by atoms with Crippen molar-refractivity contribution in [3.8, 4) is 5.75 Å². The van der Waals surface area contributed by atoms with Crippen molar-refractivity contribution < 1.29 is 14.5 Å². The standard InChI is InChI=1S/C22H23N3O4/c1-14(18-10-6-8-16-7-4-5-9-19(16)18)23-15(2)22(26)24-20-12-11-17(25(27)28)13-21(20)29-3/h4-15,23H,1-3H3,(H,24,26)/t14-,15-/m1/s1. The lowest BCUT2D eigenvalue weighted by molar-refractivity contribution is -0.384. The molecule has 0 aromatic heterocycles. The van der Waals surface area contributed by atoms with E-state index in [1.165, 1.54) is 25.3 Å². The van der Waals surface area contributed by atoms with Crippen LogP contribution < -0.4 is 15.4 Å². The normalized spacial score (nSPS) is 12.9. The van der Waals surface area contributed by atoms with Gasteiger partial charge >= 0.3 is 0 Å². The molecule has 3 aromatic rings. The van der Waals surface area contributed by atoms with Gasteiger partial charge in [-0.05, 0) is 36.2 Å². The van der Waals surface area contributed by atoms with E-state index in [0.717, 1.165) is 16.3 Å². The molecule has 1 amide bonds. The van der Waals surface area contributed by atoms with Gasteiger partial charge in [0, 0.05) is 12.1 Å². The van der Waals surface area contributed by atoms with E-state index in [9.17, 15) is 14.9 Å². The van der Waals surface area contributed by atoms with Gasteiger partial charge in [-0.15, -0.1) is 0 Å². The number of amides is 1. The van der Waals surface area contributed by atoms with E-state index >= 15 is 0 Å². The number of nitrogens with one attached hydrogen (secondary N) is 2. The third-order valence-electron chi connectivity index (χ3n) is 4.84. The number of carbonyl (C=O) groups is 1. The number of nitro benzene ring substituents is 1. The first-order chi connectivity index (χ1) is 13.9. The quantitative estimate of drug-likeness (QED) is 0.457. The zero-order valence-electron chi connectivity index (χ0n) is 16.5. The van der Waals surface area contributed by atoms with E-state index in [0.29, 0.717) is 5.69 Å². The highest BCUT2D eigenvalue weighted by Crippen LogP contribution is 2.29. The van der Waals surface area contributed by atoms with Gasteiger partial charge in [-0.3, -0.25) is 20.2 Å². The van der Waals surface area contributed by atoms with Crippen molar-refractivity contribution in [2.45, 2.75) is 25.9 Å². The summed E-state index contributed by atoms with van der Waals surface area (Å²) in [5, 5.41) is 19.3. The van der Waals surface area contributed by atoms with Gasteiger partial charge in [0.2, 0.25) is 5.91 Å². The Morgan fingerprint density at radius 2 is 1.79 bits per heavy atom. The number of carbonyl (C=O) groups excluding carboxylic acids is 1. The fourth-order valence-corrected chi connectivity index (χ4v) is 3.31. The SMILES string of the molecule is COc1cc([N+](=O)[O-])ccc1NC(=O)[C@@H](C)N[C@H](C)c1cccc2ccccc12. The van der Waals surface area contributed by atoms with Gasteiger partial charge < -0.3 is 10.1 Å². The van der Waals surface area contributed by atoms with Crippen LogP contribution in [0.3, 0.4) is 0 Å². The van der Waals surface area contributed by atoms with Gasteiger partial charge in [0.15, 0.2) is 0 Å². The van der Waals surface area contributed by atoms with Crippen LogP contribution in [0.4, 0.5) is 11.4 Å². The Morgan fingerprint density at radius 1 is 1.07 bits per heavy atom. The molecule has 0 bridgehead atoms. The predicted octanol–water partition coefficient (Wildman–Crippen LogP) is 4.43. The molecule has 7 nitrogen and oxygen atoms in total. The number of hydrogen-bond donors (Lipinski definition) is 2. The molecule has 3 rings (SSSR count). The zero-order chi connectivity index (χ0) is 21.0. The molecular weight excluding hydrogens is 370 g/mol. The summed E-state index contributed by atoms with van der Waals surface area (Å²) in [6.45, 7) is 3.78. The fourth-order valence-electron chi connectivity index (χ4n) is 3.31. The number of anilines is 1. The summed E-state index contributed by atoms with van der Waals surface area (Å²) in [4.78, 5) is 23.1. The third-order valence-corrected chi connectivity index (χ3v) is 4.84. The Kier molecular flexibility index (Phi) is 6.09. The number of fused-ring (bicyclic) bond motifs is 1. The average Bonchev–Trinajstić information content (AvgIpc) is 2.73. The molecule has 0 aliphatic carbocycles. The van der Waals surface area contributed by atoms with Crippen molar-refractivity contribution in [1.29, 1.82) is 0 Å². The Labute approximate surface area is 168 Å². The maximum absolute atomic E-state index is 12.7. The van der Waals surface area contributed by atoms with Crippen molar-refractivity contribution in [1.82, 2.24) is 5.32 Å². The monoisotopic (exact) mass is 393 g/mol.